The fourth-order valence-corrected chi connectivity index (χ4v) is 4.86. The number of anilines is 1. The van der Waals surface area contributed by atoms with E-state index in [1.54, 1.807) is 16.8 Å². The van der Waals surface area contributed by atoms with Gasteiger partial charge in [-0.3, -0.25) is 4.79 Å². The molecule has 0 bridgehead atoms. The van der Waals surface area contributed by atoms with Gasteiger partial charge < -0.3 is 15.2 Å². The number of aromatic hydroxyl groups is 1. The standard InChI is InChI=1S/C22H20N4O3S/c1-3-29-17-10-13(8-9-16(17)27)14-11-19(28)24-21-20(14)12(2)25-26(21)22-23-15-6-4-5-7-18(15)30-22/h4-10,14,27H,3,11H2,1-2H3,(H,24,28). The van der Waals surface area contributed by atoms with Gasteiger partial charge in [0.15, 0.2) is 11.5 Å². The molecule has 4 aromatic rings. The number of phenolic OH excluding ortho intramolecular Hbond substituents is 1. The van der Waals surface area contributed by atoms with Crippen LogP contribution in [0.2, 0.25) is 0 Å². The van der Waals surface area contributed by atoms with Crippen LogP contribution in [-0.2, 0) is 4.79 Å². The Labute approximate surface area is 176 Å². The van der Waals surface area contributed by atoms with E-state index in [0.29, 0.717) is 29.7 Å². The Morgan fingerprint density at radius 3 is 2.93 bits per heavy atom. The first-order valence-corrected chi connectivity index (χ1v) is 10.6. The number of phenols is 1. The summed E-state index contributed by atoms with van der Waals surface area (Å²) < 4.78 is 8.33. The van der Waals surface area contributed by atoms with Gasteiger partial charge in [0, 0.05) is 17.9 Å². The number of nitrogens with zero attached hydrogens (tertiary/aromatic N) is 3. The Bertz CT molecular complexity index is 1240. The van der Waals surface area contributed by atoms with E-state index in [1.807, 2.05) is 44.2 Å². The summed E-state index contributed by atoms with van der Waals surface area (Å²) in [5.74, 6) is 0.887. The van der Waals surface area contributed by atoms with Gasteiger partial charge in [0.2, 0.25) is 11.0 Å². The number of amides is 1. The minimum Gasteiger partial charge on any atom is -0.504 e. The number of thiazole rings is 1. The van der Waals surface area contributed by atoms with Gasteiger partial charge in [-0.2, -0.15) is 9.78 Å². The quantitative estimate of drug-likeness (QED) is 0.512. The molecule has 1 amide bonds. The zero-order chi connectivity index (χ0) is 20.8. The number of aryl methyl sites for hydroxylation is 1. The molecule has 5 rings (SSSR count). The average Bonchev–Trinajstić information content (AvgIpc) is 3.30. The molecule has 2 aromatic carbocycles. The third-order valence-corrected chi connectivity index (χ3v) is 6.26. The lowest BCUT2D eigenvalue weighted by molar-refractivity contribution is -0.116. The summed E-state index contributed by atoms with van der Waals surface area (Å²) in [5, 5.41) is 18.5. The molecule has 0 saturated carbocycles. The van der Waals surface area contributed by atoms with Crippen LogP contribution in [0.15, 0.2) is 42.5 Å². The minimum absolute atomic E-state index is 0.0826. The lowest BCUT2D eigenvalue weighted by Crippen LogP contribution is -2.25. The molecule has 2 N–H and O–H groups in total. The molecule has 3 heterocycles. The summed E-state index contributed by atoms with van der Waals surface area (Å²) in [6.45, 7) is 4.25. The van der Waals surface area contributed by atoms with Crippen LogP contribution < -0.4 is 10.1 Å². The van der Waals surface area contributed by atoms with Crippen molar-refractivity contribution >= 4 is 33.3 Å². The minimum atomic E-state index is -0.184. The summed E-state index contributed by atoms with van der Waals surface area (Å²) in [7, 11) is 0. The topological polar surface area (TPSA) is 89.3 Å². The number of hydrogen-bond acceptors (Lipinski definition) is 6. The van der Waals surface area contributed by atoms with Crippen LogP contribution in [0.4, 0.5) is 5.82 Å². The summed E-state index contributed by atoms with van der Waals surface area (Å²) in [6, 6.07) is 13.2. The summed E-state index contributed by atoms with van der Waals surface area (Å²) in [6.07, 6.45) is 0.301. The Balaban J connectivity index is 1.64. The highest BCUT2D eigenvalue weighted by Gasteiger charge is 2.33. The molecule has 7 nitrogen and oxygen atoms in total. The lowest BCUT2D eigenvalue weighted by Gasteiger charge is -2.24. The maximum atomic E-state index is 12.6. The van der Waals surface area contributed by atoms with Crippen molar-refractivity contribution in [2.75, 3.05) is 11.9 Å². The number of carbonyl (C=O) groups excluding carboxylic acids is 1. The maximum absolute atomic E-state index is 12.6. The highest BCUT2D eigenvalue weighted by Crippen LogP contribution is 2.42. The Hall–Kier alpha value is -3.39. The molecule has 0 fully saturated rings. The Kier molecular flexibility index (Phi) is 4.43. The first-order valence-electron chi connectivity index (χ1n) is 9.76. The lowest BCUT2D eigenvalue weighted by atomic mass is 9.85. The normalized spacial score (nSPS) is 15.8. The van der Waals surface area contributed by atoms with Gasteiger partial charge in [0.1, 0.15) is 5.82 Å². The van der Waals surface area contributed by atoms with Gasteiger partial charge in [-0.1, -0.05) is 29.5 Å². The predicted octanol–water partition coefficient (Wildman–Crippen LogP) is 4.37. The predicted molar refractivity (Wildman–Crippen MR) is 116 cm³/mol. The van der Waals surface area contributed by atoms with E-state index >= 15 is 0 Å². The van der Waals surface area contributed by atoms with Crippen LogP contribution in [0.1, 0.15) is 36.1 Å². The van der Waals surface area contributed by atoms with Crippen molar-refractivity contribution in [2.45, 2.75) is 26.2 Å². The highest BCUT2D eigenvalue weighted by atomic mass is 32.1. The van der Waals surface area contributed by atoms with E-state index < -0.39 is 0 Å². The van der Waals surface area contributed by atoms with Gasteiger partial charge in [-0.05, 0) is 43.7 Å². The molecule has 1 aliphatic rings. The molecule has 1 unspecified atom stereocenters. The fourth-order valence-electron chi connectivity index (χ4n) is 3.94. The Morgan fingerprint density at radius 1 is 1.30 bits per heavy atom. The second kappa shape index (κ2) is 7.14. The van der Waals surface area contributed by atoms with Gasteiger partial charge in [0.05, 0.1) is 22.5 Å². The van der Waals surface area contributed by atoms with E-state index in [-0.39, 0.29) is 17.6 Å². The van der Waals surface area contributed by atoms with E-state index in [0.717, 1.165) is 27.0 Å². The number of hydrogen-bond donors (Lipinski definition) is 2. The third kappa shape index (κ3) is 3.00. The van der Waals surface area contributed by atoms with Crippen LogP contribution in [0.5, 0.6) is 11.5 Å². The van der Waals surface area contributed by atoms with Crippen molar-refractivity contribution in [1.29, 1.82) is 0 Å². The van der Waals surface area contributed by atoms with Crippen molar-refractivity contribution in [3.63, 3.8) is 0 Å². The molecule has 0 radical (unpaired) electrons. The molecule has 1 atom stereocenters. The summed E-state index contributed by atoms with van der Waals surface area (Å²) in [5.41, 5.74) is 3.60. The number of ether oxygens (including phenoxy) is 1. The second-order valence-electron chi connectivity index (χ2n) is 7.19. The van der Waals surface area contributed by atoms with Crippen molar-refractivity contribution in [3.8, 4) is 16.6 Å². The smallest absolute Gasteiger partial charge is 0.226 e. The number of nitrogens with one attached hydrogen (secondary N) is 1. The fraction of sp³-hybridized carbons (Fsp3) is 0.227. The first-order chi connectivity index (χ1) is 14.5. The molecular weight excluding hydrogens is 400 g/mol. The maximum Gasteiger partial charge on any atom is 0.226 e. The molecule has 0 saturated heterocycles. The third-order valence-electron chi connectivity index (χ3n) is 5.25. The van der Waals surface area contributed by atoms with E-state index in [9.17, 15) is 9.90 Å². The van der Waals surface area contributed by atoms with Crippen molar-refractivity contribution in [2.24, 2.45) is 0 Å². The van der Waals surface area contributed by atoms with E-state index in [1.165, 1.54) is 11.3 Å². The molecule has 2 aromatic heterocycles. The average molecular weight is 420 g/mol. The van der Waals surface area contributed by atoms with Crippen LogP contribution in [-0.4, -0.2) is 32.4 Å². The second-order valence-corrected chi connectivity index (χ2v) is 8.20. The largest absolute Gasteiger partial charge is 0.504 e. The number of para-hydroxylation sites is 1. The number of benzene rings is 2. The van der Waals surface area contributed by atoms with E-state index in [2.05, 4.69) is 5.32 Å². The van der Waals surface area contributed by atoms with Gasteiger partial charge in [-0.15, -0.1) is 0 Å². The number of aromatic nitrogens is 3. The van der Waals surface area contributed by atoms with Crippen molar-refractivity contribution in [1.82, 2.24) is 14.8 Å². The monoisotopic (exact) mass is 420 g/mol. The van der Waals surface area contributed by atoms with Gasteiger partial charge in [-0.25, -0.2) is 4.98 Å². The molecule has 0 spiro atoms. The van der Waals surface area contributed by atoms with Crippen molar-refractivity contribution < 1.29 is 14.6 Å². The molecule has 8 heteroatoms. The van der Waals surface area contributed by atoms with Crippen LogP contribution in [0, 0.1) is 6.92 Å². The van der Waals surface area contributed by atoms with Gasteiger partial charge >= 0.3 is 0 Å². The van der Waals surface area contributed by atoms with Crippen LogP contribution in [0.3, 0.4) is 0 Å². The zero-order valence-electron chi connectivity index (χ0n) is 16.5. The summed E-state index contributed by atoms with van der Waals surface area (Å²) >= 11 is 1.53. The first kappa shape index (κ1) is 18.6. The van der Waals surface area contributed by atoms with E-state index in [4.69, 9.17) is 14.8 Å². The number of rotatable bonds is 4. The van der Waals surface area contributed by atoms with Crippen molar-refractivity contribution in [3.05, 3.63) is 59.3 Å². The Morgan fingerprint density at radius 2 is 2.13 bits per heavy atom. The number of carbonyl (C=O) groups is 1. The zero-order valence-corrected chi connectivity index (χ0v) is 17.4. The molecule has 30 heavy (non-hydrogen) atoms. The molecule has 152 valence electrons. The van der Waals surface area contributed by atoms with Crippen LogP contribution in [0.25, 0.3) is 15.3 Å². The molecule has 1 aliphatic heterocycles. The van der Waals surface area contributed by atoms with Gasteiger partial charge in [0.25, 0.3) is 0 Å². The SMILES string of the molecule is CCOc1cc(C2CC(=O)Nc3c2c(C)nn3-c2nc3ccccc3s2)ccc1O. The number of fused-ring (bicyclic) bond motifs is 2. The molecule has 0 aliphatic carbocycles. The molecular formula is C22H20N4O3S. The van der Waals surface area contributed by atoms with Crippen LogP contribution >= 0.6 is 11.3 Å². The summed E-state index contributed by atoms with van der Waals surface area (Å²) in [4.78, 5) is 17.3. The highest BCUT2D eigenvalue weighted by molar-refractivity contribution is 7.20.